The number of amides is 1. The zero-order chi connectivity index (χ0) is 13.3. The minimum atomic E-state index is -0.614. The molecule has 0 N–H and O–H groups in total. The van der Waals surface area contributed by atoms with Crippen LogP contribution in [0.3, 0.4) is 0 Å². The van der Waals surface area contributed by atoms with Gasteiger partial charge in [0, 0.05) is 14.2 Å². The van der Waals surface area contributed by atoms with Crippen LogP contribution in [0.5, 0.6) is 0 Å². The maximum absolute atomic E-state index is 11.9. The number of nitrogens with zero attached hydrogens (tertiary/aromatic N) is 1. The average molecular weight is 270 g/mol. The van der Waals surface area contributed by atoms with Crippen molar-refractivity contribution in [3.63, 3.8) is 0 Å². The van der Waals surface area contributed by atoms with E-state index < -0.39 is 18.0 Å². The summed E-state index contributed by atoms with van der Waals surface area (Å²) in [7, 11) is 2.94. The number of carbonyl (C=O) groups excluding carboxylic acids is 2. The fourth-order valence-electron chi connectivity index (χ4n) is 1.88. The SMILES string of the molecule is COC(CN1C(=O)C(=O)c2c(Cl)cccc21)OC. The van der Waals surface area contributed by atoms with Crippen LogP contribution in [0.25, 0.3) is 0 Å². The molecule has 0 aliphatic carbocycles. The van der Waals surface area contributed by atoms with E-state index in [0.717, 1.165) is 0 Å². The highest BCUT2D eigenvalue weighted by atomic mass is 35.5. The van der Waals surface area contributed by atoms with E-state index in [1.165, 1.54) is 19.1 Å². The molecular weight excluding hydrogens is 258 g/mol. The molecule has 1 aromatic rings. The lowest BCUT2D eigenvalue weighted by molar-refractivity contribution is -0.119. The number of ether oxygens (including phenoxy) is 2. The third-order valence-corrected chi connectivity index (χ3v) is 3.12. The van der Waals surface area contributed by atoms with Crippen molar-refractivity contribution in [1.29, 1.82) is 0 Å². The minimum Gasteiger partial charge on any atom is -0.354 e. The van der Waals surface area contributed by atoms with E-state index in [2.05, 4.69) is 0 Å². The highest BCUT2D eigenvalue weighted by Gasteiger charge is 2.38. The number of hydrogen-bond donors (Lipinski definition) is 0. The molecule has 0 bridgehead atoms. The molecule has 0 saturated carbocycles. The molecule has 0 fully saturated rings. The van der Waals surface area contributed by atoms with Crippen molar-refractivity contribution in [2.45, 2.75) is 6.29 Å². The summed E-state index contributed by atoms with van der Waals surface area (Å²) in [6.45, 7) is 0.144. The van der Waals surface area contributed by atoms with Crippen LogP contribution in [0, 0.1) is 0 Å². The smallest absolute Gasteiger partial charge is 0.299 e. The topological polar surface area (TPSA) is 55.8 Å². The number of anilines is 1. The van der Waals surface area contributed by atoms with E-state index in [1.54, 1.807) is 18.2 Å². The van der Waals surface area contributed by atoms with Crippen molar-refractivity contribution in [3.8, 4) is 0 Å². The van der Waals surface area contributed by atoms with Gasteiger partial charge in [-0.2, -0.15) is 0 Å². The van der Waals surface area contributed by atoms with E-state index >= 15 is 0 Å². The monoisotopic (exact) mass is 269 g/mol. The van der Waals surface area contributed by atoms with Gasteiger partial charge in [0.1, 0.15) is 0 Å². The number of hydrogen-bond acceptors (Lipinski definition) is 4. The van der Waals surface area contributed by atoms with Crippen LogP contribution in [0.15, 0.2) is 18.2 Å². The van der Waals surface area contributed by atoms with Gasteiger partial charge in [-0.15, -0.1) is 0 Å². The van der Waals surface area contributed by atoms with Crippen LogP contribution >= 0.6 is 11.6 Å². The Balaban J connectivity index is 2.37. The van der Waals surface area contributed by atoms with Gasteiger partial charge >= 0.3 is 0 Å². The van der Waals surface area contributed by atoms with Gasteiger partial charge in [-0.05, 0) is 12.1 Å². The van der Waals surface area contributed by atoms with Gasteiger partial charge in [0.2, 0.25) is 0 Å². The van der Waals surface area contributed by atoms with Gasteiger partial charge in [0.15, 0.2) is 6.29 Å². The van der Waals surface area contributed by atoms with Crippen molar-refractivity contribution < 1.29 is 19.1 Å². The van der Waals surface area contributed by atoms with E-state index in [4.69, 9.17) is 21.1 Å². The lowest BCUT2D eigenvalue weighted by Crippen LogP contribution is -2.38. The summed E-state index contributed by atoms with van der Waals surface area (Å²) in [5.41, 5.74) is 0.742. The first-order valence-electron chi connectivity index (χ1n) is 5.30. The number of methoxy groups -OCH3 is 2. The predicted octanol–water partition coefficient (Wildman–Crippen LogP) is 1.49. The maximum Gasteiger partial charge on any atom is 0.299 e. The Kier molecular flexibility index (Phi) is 3.65. The number of ketones is 1. The molecule has 18 heavy (non-hydrogen) atoms. The largest absolute Gasteiger partial charge is 0.354 e. The van der Waals surface area contributed by atoms with Crippen LogP contribution in [-0.4, -0.2) is 38.7 Å². The molecule has 0 radical (unpaired) electrons. The second-order valence-corrected chi connectivity index (χ2v) is 4.19. The molecule has 0 unspecified atom stereocenters. The summed E-state index contributed by atoms with van der Waals surface area (Å²) in [5.74, 6) is -1.21. The van der Waals surface area contributed by atoms with E-state index in [9.17, 15) is 9.59 Å². The second kappa shape index (κ2) is 5.06. The van der Waals surface area contributed by atoms with Crippen molar-refractivity contribution in [2.75, 3.05) is 25.7 Å². The molecule has 0 aromatic heterocycles. The highest BCUT2D eigenvalue weighted by molar-refractivity contribution is 6.55. The van der Waals surface area contributed by atoms with Crippen molar-refractivity contribution in [3.05, 3.63) is 28.8 Å². The first-order valence-corrected chi connectivity index (χ1v) is 5.68. The van der Waals surface area contributed by atoms with Gasteiger partial charge in [0.25, 0.3) is 11.7 Å². The van der Waals surface area contributed by atoms with Crippen LogP contribution in [0.2, 0.25) is 5.02 Å². The number of fused-ring (bicyclic) bond motifs is 1. The van der Waals surface area contributed by atoms with Crippen LogP contribution in [0.4, 0.5) is 5.69 Å². The van der Waals surface area contributed by atoms with Crippen LogP contribution < -0.4 is 4.90 Å². The molecule has 1 aliphatic rings. The lowest BCUT2D eigenvalue weighted by atomic mass is 10.1. The molecular formula is C12H12ClNO4. The third kappa shape index (κ3) is 2.01. The Hall–Kier alpha value is -1.43. The third-order valence-electron chi connectivity index (χ3n) is 2.81. The first kappa shape index (κ1) is 13.0. The predicted molar refractivity (Wildman–Crippen MR) is 65.9 cm³/mol. The Morgan fingerprint density at radius 2 is 1.94 bits per heavy atom. The standard InChI is InChI=1S/C12H12ClNO4/c1-17-9(18-2)6-14-8-5-3-4-7(13)10(8)11(15)12(14)16/h3-5,9H,6H2,1-2H3. The van der Waals surface area contributed by atoms with E-state index in [-0.39, 0.29) is 17.1 Å². The number of carbonyl (C=O) groups is 2. The maximum atomic E-state index is 11.9. The van der Waals surface area contributed by atoms with Crippen LogP contribution in [0.1, 0.15) is 10.4 Å². The molecule has 6 heteroatoms. The first-order chi connectivity index (χ1) is 8.60. The molecule has 0 saturated heterocycles. The second-order valence-electron chi connectivity index (χ2n) is 3.78. The van der Waals surface area contributed by atoms with Crippen LogP contribution in [-0.2, 0) is 14.3 Å². The Labute approximate surface area is 109 Å². The molecule has 2 rings (SSSR count). The summed E-state index contributed by atoms with van der Waals surface area (Å²) in [4.78, 5) is 25.0. The molecule has 1 heterocycles. The minimum absolute atomic E-state index is 0.144. The Morgan fingerprint density at radius 1 is 1.28 bits per heavy atom. The molecule has 0 spiro atoms. The average Bonchev–Trinajstić information content (AvgIpc) is 2.61. The Morgan fingerprint density at radius 3 is 2.56 bits per heavy atom. The molecule has 1 aromatic carbocycles. The Bertz CT molecular complexity index is 499. The summed E-state index contributed by atoms with van der Waals surface area (Å²) in [6.07, 6.45) is -0.591. The molecule has 1 amide bonds. The van der Waals surface area contributed by atoms with Crippen molar-refractivity contribution >= 4 is 29.0 Å². The zero-order valence-electron chi connectivity index (χ0n) is 9.97. The number of rotatable bonds is 4. The van der Waals surface area contributed by atoms with Gasteiger partial charge < -0.3 is 9.47 Å². The van der Waals surface area contributed by atoms with Gasteiger partial charge in [-0.3, -0.25) is 14.5 Å². The van der Waals surface area contributed by atoms with Gasteiger partial charge in [-0.25, -0.2) is 0 Å². The van der Waals surface area contributed by atoms with Crippen molar-refractivity contribution in [1.82, 2.24) is 0 Å². The normalized spacial score (nSPS) is 14.6. The lowest BCUT2D eigenvalue weighted by Gasteiger charge is -2.21. The van der Waals surface area contributed by atoms with Crippen molar-refractivity contribution in [2.24, 2.45) is 0 Å². The van der Waals surface area contributed by atoms with Gasteiger partial charge in [-0.1, -0.05) is 17.7 Å². The van der Waals surface area contributed by atoms with E-state index in [0.29, 0.717) is 5.69 Å². The molecule has 0 atom stereocenters. The fraction of sp³-hybridized carbons (Fsp3) is 0.333. The summed E-state index contributed by atoms with van der Waals surface area (Å²) < 4.78 is 10.1. The number of benzene rings is 1. The molecule has 96 valence electrons. The van der Waals surface area contributed by atoms with E-state index in [1.807, 2.05) is 0 Å². The highest BCUT2D eigenvalue weighted by Crippen LogP contribution is 2.34. The molecule has 1 aliphatic heterocycles. The fourth-order valence-corrected chi connectivity index (χ4v) is 2.13. The quantitative estimate of drug-likeness (QED) is 0.614. The summed E-state index contributed by atoms with van der Waals surface area (Å²) in [6, 6.07) is 4.94. The van der Waals surface area contributed by atoms with Gasteiger partial charge in [0.05, 0.1) is 22.8 Å². The summed E-state index contributed by atoms with van der Waals surface area (Å²) in [5, 5.41) is 0.278. The molecule has 5 nitrogen and oxygen atoms in total. The zero-order valence-corrected chi connectivity index (χ0v) is 10.7. The summed E-state index contributed by atoms with van der Waals surface area (Å²) >= 11 is 5.94. The number of halogens is 1. The number of Topliss-reactive ketones (excluding diaryl/α,β-unsaturated/α-hetero) is 1.